The van der Waals surface area contributed by atoms with E-state index in [1.54, 1.807) is 25.4 Å². The van der Waals surface area contributed by atoms with E-state index >= 15 is 0 Å². The van der Waals surface area contributed by atoms with Gasteiger partial charge in [0.15, 0.2) is 0 Å². The quantitative estimate of drug-likeness (QED) is 0.763. The molecule has 1 aliphatic rings. The minimum Gasteiger partial charge on any atom is -0.481 e. The van der Waals surface area contributed by atoms with E-state index in [0.29, 0.717) is 18.1 Å². The summed E-state index contributed by atoms with van der Waals surface area (Å²) in [5.74, 6) is 1.47. The molecule has 0 aliphatic carbocycles. The maximum Gasteiger partial charge on any atom is 0.322 e. The van der Waals surface area contributed by atoms with Crippen LogP contribution in [0.3, 0.4) is 0 Å². The molecule has 0 bridgehead atoms. The van der Waals surface area contributed by atoms with Crippen molar-refractivity contribution in [3.05, 3.63) is 48.4 Å². The average molecular weight is 365 g/mol. The van der Waals surface area contributed by atoms with E-state index in [9.17, 15) is 4.79 Å². The van der Waals surface area contributed by atoms with Crippen molar-refractivity contribution < 1.29 is 9.53 Å². The van der Waals surface area contributed by atoms with Gasteiger partial charge in [0.2, 0.25) is 5.88 Å². The summed E-state index contributed by atoms with van der Waals surface area (Å²) in [6.45, 7) is 3.65. The van der Waals surface area contributed by atoms with E-state index in [0.717, 1.165) is 36.2 Å². The maximum absolute atomic E-state index is 12.9. The highest BCUT2D eigenvalue weighted by Crippen LogP contribution is 2.33. The van der Waals surface area contributed by atoms with E-state index in [1.807, 2.05) is 23.1 Å². The number of imidazole rings is 1. The van der Waals surface area contributed by atoms with Crippen molar-refractivity contribution in [1.29, 1.82) is 0 Å². The van der Waals surface area contributed by atoms with Gasteiger partial charge in [-0.2, -0.15) is 0 Å². The van der Waals surface area contributed by atoms with Crippen LogP contribution in [0.25, 0.3) is 11.0 Å². The first-order chi connectivity index (χ1) is 13.2. The molecule has 1 atom stereocenters. The molecule has 0 radical (unpaired) electrons. The number of methoxy groups -OCH3 is 1. The first kappa shape index (κ1) is 17.3. The lowest BCUT2D eigenvalue weighted by molar-refractivity contribution is 0.204. The van der Waals surface area contributed by atoms with Crippen LogP contribution in [-0.4, -0.2) is 39.1 Å². The normalized spacial score (nSPS) is 16.7. The smallest absolute Gasteiger partial charge is 0.322 e. The standard InChI is InChI=1S/C20H23N5O2/c1-3-24-16-8-5-4-7-15(16)23-19(24)17-9-6-12-25(17)20(26)22-14-10-11-18(27-2)21-13-14/h4-5,7-8,10-11,13,17H,3,6,9,12H2,1-2H3,(H,22,26). The molecule has 1 aliphatic heterocycles. The zero-order valence-electron chi connectivity index (χ0n) is 15.6. The van der Waals surface area contributed by atoms with Crippen LogP contribution in [0.2, 0.25) is 0 Å². The summed E-state index contributed by atoms with van der Waals surface area (Å²) in [5, 5.41) is 2.94. The Kier molecular flexibility index (Phi) is 4.66. The fourth-order valence-corrected chi connectivity index (χ4v) is 3.73. The zero-order valence-corrected chi connectivity index (χ0v) is 15.6. The summed E-state index contributed by atoms with van der Waals surface area (Å²) >= 11 is 0. The first-order valence-corrected chi connectivity index (χ1v) is 9.24. The van der Waals surface area contributed by atoms with Crippen LogP contribution in [0.15, 0.2) is 42.6 Å². The Hall–Kier alpha value is -3.09. The van der Waals surface area contributed by atoms with Crippen molar-refractivity contribution in [3.8, 4) is 5.88 Å². The Bertz CT molecular complexity index is 951. The highest BCUT2D eigenvalue weighted by molar-refractivity contribution is 5.89. The van der Waals surface area contributed by atoms with Crippen LogP contribution < -0.4 is 10.1 Å². The number of nitrogens with zero attached hydrogens (tertiary/aromatic N) is 4. The molecule has 2 aromatic heterocycles. The number of urea groups is 1. The molecule has 1 saturated heterocycles. The number of hydrogen-bond donors (Lipinski definition) is 1. The van der Waals surface area contributed by atoms with Crippen LogP contribution in [-0.2, 0) is 6.54 Å². The van der Waals surface area contributed by atoms with Crippen LogP contribution >= 0.6 is 0 Å². The van der Waals surface area contributed by atoms with Crippen LogP contribution in [0.1, 0.15) is 31.6 Å². The Balaban J connectivity index is 1.59. The monoisotopic (exact) mass is 365 g/mol. The van der Waals surface area contributed by atoms with Gasteiger partial charge in [0.05, 0.1) is 36.1 Å². The molecule has 7 nitrogen and oxygen atoms in total. The van der Waals surface area contributed by atoms with Crippen LogP contribution in [0, 0.1) is 0 Å². The van der Waals surface area contributed by atoms with Gasteiger partial charge in [-0.3, -0.25) is 0 Å². The van der Waals surface area contributed by atoms with E-state index in [1.165, 1.54) is 0 Å². The molecular weight excluding hydrogens is 342 g/mol. The van der Waals surface area contributed by atoms with Gasteiger partial charge in [0.1, 0.15) is 5.82 Å². The number of fused-ring (bicyclic) bond motifs is 1. The Morgan fingerprint density at radius 3 is 2.89 bits per heavy atom. The lowest BCUT2D eigenvalue weighted by atomic mass is 10.2. The number of amides is 2. The van der Waals surface area contributed by atoms with Gasteiger partial charge in [0.25, 0.3) is 0 Å². The molecule has 4 rings (SSSR count). The molecule has 3 heterocycles. The minimum absolute atomic E-state index is 0.0245. The van der Waals surface area contributed by atoms with Gasteiger partial charge in [0, 0.05) is 19.2 Å². The second-order valence-corrected chi connectivity index (χ2v) is 6.57. The summed E-state index contributed by atoms with van der Waals surface area (Å²) in [6.07, 6.45) is 3.48. The van der Waals surface area contributed by atoms with E-state index < -0.39 is 0 Å². The van der Waals surface area contributed by atoms with Gasteiger partial charge in [-0.25, -0.2) is 14.8 Å². The van der Waals surface area contributed by atoms with E-state index in [-0.39, 0.29) is 12.1 Å². The van der Waals surface area contributed by atoms with Crippen molar-refractivity contribution >= 4 is 22.8 Å². The van der Waals surface area contributed by atoms with Crippen LogP contribution in [0.4, 0.5) is 10.5 Å². The number of carbonyl (C=O) groups is 1. The molecule has 27 heavy (non-hydrogen) atoms. The lowest BCUT2D eigenvalue weighted by Crippen LogP contribution is -2.35. The Labute approximate surface area is 158 Å². The van der Waals surface area contributed by atoms with Gasteiger partial charge in [-0.15, -0.1) is 0 Å². The fourth-order valence-electron chi connectivity index (χ4n) is 3.73. The highest BCUT2D eigenvalue weighted by atomic mass is 16.5. The Morgan fingerprint density at radius 1 is 1.30 bits per heavy atom. The molecular formula is C20H23N5O2. The van der Waals surface area contributed by atoms with Gasteiger partial charge < -0.3 is 19.5 Å². The number of pyridine rings is 1. The van der Waals surface area contributed by atoms with Crippen molar-refractivity contribution in [2.24, 2.45) is 0 Å². The molecule has 7 heteroatoms. The van der Waals surface area contributed by atoms with Gasteiger partial charge in [-0.05, 0) is 38.0 Å². The molecule has 1 N–H and O–H groups in total. The first-order valence-electron chi connectivity index (χ1n) is 9.24. The maximum atomic E-state index is 12.9. The molecule has 140 valence electrons. The van der Waals surface area contributed by atoms with Gasteiger partial charge in [-0.1, -0.05) is 12.1 Å². The number of anilines is 1. The Morgan fingerprint density at radius 2 is 2.15 bits per heavy atom. The number of likely N-dealkylation sites (tertiary alicyclic amines) is 1. The summed E-state index contributed by atoms with van der Waals surface area (Å²) in [5.41, 5.74) is 2.73. The zero-order chi connectivity index (χ0) is 18.8. The van der Waals surface area contributed by atoms with E-state index in [2.05, 4.69) is 27.9 Å². The summed E-state index contributed by atoms with van der Waals surface area (Å²) in [4.78, 5) is 23.7. The predicted octanol–water partition coefficient (Wildman–Crippen LogP) is 3.83. The topological polar surface area (TPSA) is 72.3 Å². The number of carbonyl (C=O) groups excluding carboxylic acids is 1. The summed E-state index contributed by atoms with van der Waals surface area (Å²) in [7, 11) is 1.56. The van der Waals surface area contributed by atoms with Crippen molar-refractivity contribution in [2.45, 2.75) is 32.4 Å². The summed E-state index contributed by atoms with van der Waals surface area (Å²) in [6, 6.07) is 11.5. The molecule has 0 saturated carbocycles. The van der Waals surface area contributed by atoms with Crippen molar-refractivity contribution in [3.63, 3.8) is 0 Å². The number of rotatable bonds is 4. The lowest BCUT2D eigenvalue weighted by Gasteiger charge is -2.25. The molecule has 3 aromatic rings. The average Bonchev–Trinajstić information content (AvgIpc) is 3.32. The number of aryl methyl sites for hydroxylation is 1. The third-order valence-corrected chi connectivity index (χ3v) is 5.01. The predicted molar refractivity (Wildman–Crippen MR) is 104 cm³/mol. The summed E-state index contributed by atoms with van der Waals surface area (Å²) < 4.78 is 7.27. The fraction of sp³-hybridized carbons (Fsp3) is 0.350. The van der Waals surface area contributed by atoms with Crippen molar-refractivity contribution in [2.75, 3.05) is 19.0 Å². The SMILES string of the molecule is CCn1c(C2CCCN2C(=O)Nc2ccc(OC)nc2)nc2ccccc21. The van der Waals surface area contributed by atoms with Crippen LogP contribution in [0.5, 0.6) is 5.88 Å². The van der Waals surface area contributed by atoms with E-state index in [4.69, 9.17) is 9.72 Å². The highest BCUT2D eigenvalue weighted by Gasteiger charge is 2.33. The molecule has 2 amide bonds. The third kappa shape index (κ3) is 3.20. The largest absolute Gasteiger partial charge is 0.481 e. The molecule has 1 aromatic carbocycles. The second kappa shape index (κ2) is 7.26. The number of nitrogens with one attached hydrogen (secondary N) is 1. The number of hydrogen-bond acceptors (Lipinski definition) is 4. The molecule has 0 spiro atoms. The van der Waals surface area contributed by atoms with Gasteiger partial charge >= 0.3 is 6.03 Å². The number of para-hydroxylation sites is 2. The number of ether oxygens (including phenoxy) is 1. The minimum atomic E-state index is -0.126. The third-order valence-electron chi connectivity index (χ3n) is 5.01. The molecule has 1 unspecified atom stereocenters. The molecule has 1 fully saturated rings. The number of aromatic nitrogens is 3. The second-order valence-electron chi connectivity index (χ2n) is 6.57. The number of benzene rings is 1. The van der Waals surface area contributed by atoms with Crippen molar-refractivity contribution in [1.82, 2.24) is 19.4 Å².